The zero-order valence-corrected chi connectivity index (χ0v) is 16.8. The first-order valence-corrected chi connectivity index (χ1v) is 10.3. The van der Waals surface area contributed by atoms with Gasteiger partial charge < -0.3 is 4.74 Å². The molecule has 3 aliphatic carbocycles. The lowest BCUT2D eigenvalue weighted by Gasteiger charge is -2.47. The quantitative estimate of drug-likeness (QED) is 0.541. The third-order valence-corrected chi connectivity index (χ3v) is 7.09. The molecule has 0 spiro atoms. The van der Waals surface area contributed by atoms with Crippen molar-refractivity contribution in [3.8, 4) is 5.69 Å². The van der Waals surface area contributed by atoms with Crippen LogP contribution in [0.5, 0.6) is 0 Å². The topological polar surface area (TPSA) is 44.1 Å². The minimum Gasteiger partial charge on any atom is -0.469 e. The Kier molecular flexibility index (Phi) is 4.23. The number of benzene rings is 1. The molecule has 3 unspecified atom stereocenters. The Bertz CT molecular complexity index is 1030. The van der Waals surface area contributed by atoms with Gasteiger partial charge in [-0.2, -0.15) is 5.10 Å². The molecule has 150 valence electrons. The summed E-state index contributed by atoms with van der Waals surface area (Å²) in [5.74, 6) is 0.110. The average Bonchev–Trinajstić information content (AvgIpc) is 3.13. The van der Waals surface area contributed by atoms with Gasteiger partial charge in [-0.1, -0.05) is 24.1 Å². The van der Waals surface area contributed by atoms with Crippen molar-refractivity contribution in [1.82, 2.24) is 9.78 Å². The molecule has 0 bridgehead atoms. The predicted molar refractivity (Wildman–Crippen MR) is 109 cm³/mol. The Hall–Kier alpha value is -2.69. The van der Waals surface area contributed by atoms with Crippen LogP contribution >= 0.6 is 0 Å². The number of ether oxygens (including phenoxy) is 1. The Morgan fingerprint density at radius 2 is 2.10 bits per heavy atom. The number of fused-ring (bicyclic) bond motifs is 4. The van der Waals surface area contributed by atoms with Gasteiger partial charge in [0, 0.05) is 5.41 Å². The van der Waals surface area contributed by atoms with Gasteiger partial charge in [0.05, 0.1) is 30.6 Å². The first kappa shape index (κ1) is 18.3. The third-order valence-electron chi connectivity index (χ3n) is 7.09. The van der Waals surface area contributed by atoms with E-state index in [1.54, 1.807) is 12.1 Å². The van der Waals surface area contributed by atoms with Gasteiger partial charge in [0.15, 0.2) is 0 Å². The number of carbonyl (C=O) groups is 1. The van der Waals surface area contributed by atoms with E-state index in [2.05, 4.69) is 24.2 Å². The van der Waals surface area contributed by atoms with Crippen molar-refractivity contribution in [2.24, 2.45) is 17.3 Å². The molecule has 1 aromatic carbocycles. The smallest absolute Gasteiger partial charge is 0.308 e. The van der Waals surface area contributed by atoms with Crippen LogP contribution in [-0.2, 0) is 16.0 Å². The molecule has 0 aliphatic heterocycles. The molecule has 0 amide bonds. The molecule has 1 saturated carbocycles. The Labute approximate surface area is 170 Å². The second kappa shape index (κ2) is 6.68. The minimum absolute atomic E-state index is 0.00628. The predicted octanol–water partition coefficient (Wildman–Crippen LogP) is 4.88. The zero-order chi connectivity index (χ0) is 20.2. The van der Waals surface area contributed by atoms with E-state index >= 15 is 0 Å². The Morgan fingerprint density at radius 3 is 2.86 bits per heavy atom. The highest BCUT2D eigenvalue weighted by molar-refractivity contribution is 5.73. The number of rotatable bonds is 2. The highest BCUT2D eigenvalue weighted by Crippen LogP contribution is 2.55. The molecule has 0 saturated heterocycles. The number of halogens is 1. The van der Waals surface area contributed by atoms with Crippen molar-refractivity contribution in [3.05, 3.63) is 64.8 Å². The molecule has 5 heteroatoms. The van der Waals surface area contributed by atoms with E-state index in [0.29, 0.717) is 5.92 Å². The van der Waals surface area contributed by atoms with Crippen molar-refractivity contribution in [2.45, 2.75) is 39.0 Å². The van der Waals surface area contributed by atoms with Crippen LogP contribution in [-0.4, -0.2) is 22.9 Å². The number of aromatic nitrogens is 2. The van der Waals surface area contributed by atoms with Crippen molar-refractivity contribution in [1.29, 1.82) is 0 Å². The second-order valence-electron chi connectivity index (χ2n) is 8.71. The molecule has 1 fully saturated rings. The highest BCUT2D eigenvalue weighted by atomic mass is 19.1. The minimum atomic E-state index is -0.242. The number of methoxy groups -OCH3 is 1. The number of hydrogen-bond donors (Lipinski definition) is 0. The van der Waals surface area contributed by atoms with E-state index in [0.717, 1.165) is 43.5 Å². The van der Waals surface area contributed by atoms with E-state index in [9.17, 15) is 9.18 Å². The van der Waals surface area contributed by atoms with Gasteiger partial charge in [0.25, 0.3) is 0 Å². The van der Waals surface area contributed by atoms with E-state index in [4.69, 9.17) is 4.74 Å². The van der Waals surface area contributed by atoms with Gasteiger partial charge in [-0.25, -0.2) is 9.07 Å². The van der Waals surface area contributed by atoms with Crippen molar-refractivity contribution >= 4 is 12.0 Å². The summed E-state index contributed by atoms with van der Waals surface area (Å²) >= 11 is 0. The maximum Gasteiger partial charge on any atom is 0.308 e. The van der Waals surface area contributed by atoms with Crippen LogP contribution in [0.4, 0.5) is 4.39 Å². The summed E-state index contributed by atoms with van der Waals surface area (Å²) in [6.07, 6.45) is 11.2. The fourth-order valence-electron chi connectivity index (χ4n) is 5.56. The third kappa shape index (κ3) is 2.86. The van der Waals surface area contributed by atoms with E-state index in [-0.39, 0.29) is 23.1 Å². The zero-order valence-electron chi connectivity index (χ0n) is 16.8. The van der Waals surface area contributed by atoms with Crippen LogP contribution in [0.2, 0.25) is 0 Å². The summed E-state index contributed by atoms with van der Waals surface area (Å²) in [6.45, 7) is 2.34. The maximum absolute atomic E-state index is 13.3. The number of hydrogen-bond acceptors (Lipinski definition) is 3. The molecule has 0 radical (unpaired) electrons. The fourth-order valence-corrected chi connectivity index (χ4v) is 5.56. The number of nitrogens with zero attached hydrogens (tertiary/aromatic N) is 2. The second-order valence-corrected chi connectivity index (χ2v) is 8.71. The fraction of sp³-hybridized carbons (Fsp3) is 0.417. The summed E-state index contributed by atoms with van der Waals surface area (Å²) in [5.41, 5.74) is 6.11. The van der Waals surface area contributed by atoms with Crippen LogP contribution in [0, 0.1) is 23.1 Å². The average molecular weight is 392 g/mol. The first-order valence-electron chi connectivity index (χ1n) is 10.3. The number of allylic oxidation sites excluding steroid dienone is 3. The van der Waals surface area contributed by atoms with E-state index < -0.39 is 0 Å². The Morgan fingerprint density at radius 1 is 1.31 bits per heavy atom. The summed E-state index contributed by atoms with van der Waals surface area (Å²) in [7, 11) is 1.48. The lowest BCUT2D eigenvalue weighted by Crippen LogP contribution is -2.38. The highest BCUT2D eigenvalue weighted by Gasteiger charge is 2.46. The maximum atomic E-state index is 13.3. The van der Waals surface area contributed by atoms with Gasteiger partial charge in [-0.3, -0.25) is 4.79 Å². The summed E-state index contributed by atoms with van der Waals surface area (Å²) < 4.78 is 20.2. The largest absolute Gasteiger partial charge is 0.469 e. The number of carbonyl (C=O) groups excluding carboxylic acids is 1. The van der Waals surface area contributed by atoms with Crippen LogP contribution in [0.25, 0.3) is 11.8 Å². The molecule has 4 nitrogen and oxygen atoms in total. The molecule has 0 N–H and O–H groups in total. The molecule has 3 atom stereocenters. The molecule has 1 heterocycles. The number of esters is 1. The molecule has 1 aromatic heterocycles. The SMILES string of the molecule is COC(=O)C1CC=C2C(CCC3=Cc4c(cnn4-c4ccc(F)cc4)CC32C)C1. The van der Waals surface area contributed by atoms with Crippen LogP contribution < -0.4 is 0 Å². The summed E-state index contributed by atoms with van der Waals surface area (Å²) in [6, 6.07) is 6.48. The summed E-state index contributed by atoms with van der Waals surface area (Å²) in [5, 5.41) is 4.61. The molecule has 29 heavy (non-hydrogen) atoms. The van der Waals surface area contributed by atoms with Crippen molar-refractivity contribution < 1.29 is 13.9 Å². The molecule has 3 aliphatic rings. The molecular weight excluding hydrogens is 367 g/mol. The molecular formula is C24H25FN2O2. The van der Waals surface area contributed by atoms with Crippen molar-refractivity contribution in [2.75, 3.05) is 7.11 Å². The molecule has 2 aromatic rings. The van der Waals surface area contributed by atoms with Gasteiger partial charge in [0.1, 0.15) is 5.82 Å². The van der Waals surface area contributed by atoms with E-state index in [1.165, 1.54) is 36.0 Å². The molecule has 5 rings (SSSR count). The van der Waals surface area contributed by atoms with Gasteiger partial charge >= 0.3 is 5.97 Å². The van der Waals surface area contributed by atoms with Crippen LogP contribution in [0.3, 0.4) is 0 Å². The van der Waals surface area contributed by atoms with Gasteiger partial charge in [0.2, 0.25) is 0 Å². The lowest BCUT2D eigenvalue weighted by molar-refractivity contribution is -0.146. The monoisotopic (exact) mass is 392 g/mol. The first-order chi connectivity index (χ1) is 14.0. The lowest BCUT2D eigenvalue weighted by atomic mass is 9.56. The van der Waals surface area contributed by atoms with Crippen LogP contribution in [0.15, 0.2) is 47.7 Å². The van der Waals surface area contributed by atoms with Gasteiger partial charge in [-0.05, 0) is 73.9 Å². The standard InChI is InChI=1S/C24H25FN2O2/c1-24-13-17-14-26-27(20-8-6-19(25)7-9-20)22(17)12-18(24)5-3-15-11-16(23(28)29-2)4-10-21(15)24/h6-10,12,14-16H,3-5,11,13H2,1-2H3. The van der Waals surface area contributed by atoms with Crippen LogP contribution in [0.1, 0.15) is 43.9 Å². The summed E-state index contributed by atoms with van der Waals surface area (Å²) in [4.78, 5) is 12.0. The van der Waals surface area contributed by atoms with Crippen molar-refractivity contribution in [3.63, 3.8) is 0 Å². The van der Waals surface area contributed by atoms with Gasteiger partial charge in [-0.15, -0.1) is 0 Å². The Balaban J connectivity index is 1.50. The van der Waals surface area contributed by atoms with E-state index in [1.807, 2.05) is 10.9 Å². The normalized spacial score (nSPS) is 27.8.